The molecule has 0 aliphatic carbocycles. The summed E-state index contributed by atoms with van der Waals surface area (Å²) in [5.74, 6) is -0.0960. The molecule has 0 bridgehead atoms. The predicted molar refractivity (Wildman–Crippen MR) is 119 cm³/mol. The fourth-order valence-corrected chi connectivity index (χ4v) is 4.40. The van der Waals surface area contributed by atoms with Crippen LogP contribution in [0.2, 0.25) is 0 Å². The third kappa shape index (κ3) is 4.84. The molecule has 0 N–H and O–H groups in total. The molecule has 36 heavy (non-hydrogen) atoms. The fraction of sp³-hybridized carbons (Fsp3) is 0.269. The van der Waals surface area contributed by atoms with Gasteiger partial charge in [0.1, 0.15) is 0 Å². The SMILES string of the molecule is COc1cc2c(cc1OC)C(c1ccccc1)N(C(=O)c1cc(C(F)(F)F)cc(C(F)(F)F)c1)CC2. The lowest BCUT2D eigenvalue weighted by Crippen LogP contribution is -2.40. The Balaban J connectivity index is 1.87. The van der Waals surface area contributed by atoms with Crippen molar-refractivity contribution in [3.8, 4) is 11.5 Å². The zero-order valence-corrected chi connectivity index (χ0v) is 19.2. The fourth-order valence-electron chi connectivity index (χ4n) is 4.40. The summed E-state index contributed by atoms with van der Waals surface area (Å²) in [6.07, 6.45) is -9.81. The minimum absolute atomic E-state index is 0.00804. The van der Waals surface area contributed by atoms with E-state index in [0.29, 0.717) is 41.2 Å². The van der Waals surface area contributed by atoms with Gasteiger partial charge in [0.2, 0.25) is 0 Å². The highest BCUT2D eigenvalue weighted by Crippen LogP contribution is 2.42. The summed E-state index contributed by atoms with van der Waals surface area (Å²) in [5, 5.41) is 0. The number of carbonyl (C=O) groups excluding carboxylic acids is 1. The van der Waals surface area contributed by atoms with Crippen molar-refractivity contribution in [2.24, 2.45) is 0 Å². The number of carbonyl (C=O) groups is 1. The number of alkyl halides is 6. The summed E-state index contributed by atoms with van der Waals surface area (Å²) in [4.78, 5) is 14.9. The first-order valence-corrected chi connectivity index (χ1v) is 10.8. The molecule has 0 fully saturated rings. The molecule has 0 saturated carbocycles. The number of fused-ring (bicyclic) bond motifs is 1. The normalized spacial score (nSPS) is 15.9. The summed E-state index contributed by atoms with van der Waals surface area (Å²) >= 11 is 0. The number of hydrogen-bond acceptors (Lipinski definition) is 3. The van der Waals surface area contributed by atoms with Crippen LogP contribution in [0.5, 0.6) is 11.5 Å². The van der Waals surface area contributed by atoms with Gasteiger partial charge >= 0.3 is 12.4 Å². The Hall–Kier alpha value is -3.69. The lowest BCUT2D eigenvalue weighted by Gasteiger charge is -2.38. The standard InChI is InChI=1S/C26H21F6NO3/c1-35-21-12-16-8-9-33(23(15-6-4-3-5-7-15)20(16)14-22(21)36-2)24(34)17-10-18(25(27,28)29)13-19(11-17)26(30,31)32/h3-7,10-14,23H,8-9H2,1-2H3. The molecule has 1 unspecified atom stereocenters. The molecule has 3 aromatic rings. The van der Waals surface area contributed by atoms with Crippen molar-refractivity contribution >= 4 is 5.91 Å². The zero-order chi connectivity index (χ0) is 26.3. The van der Waals surface area contributed by atoms with E-state index in [0.717, 1.165) is 5.56 Å². The second kappa shape index (κ2) is 9.40. The topological polar surface area (TPSA) is 38.8 Å². The highest BCUT2D eigenvalue weighted by Gasteiger charge is 2.39. The van der Waals surface area contributed by atoms with Crippen LogP contribution >= 0.6 is 0 Å². The zero-order valence-electron chi connectivity index (χ0n) is 19.2. The molecule has 3 aromatic carbocycles. The van der Waals surface area contributed by atoms with Crippen LogP contribution in [-0.2, 0) is 18.8 Å². The van der Waals surface area contributed by atoms with Gasteiger partial charge in [-0.1, -0.05) is 30.3 Å². The van der Waals surface area contributed by atoms with Gasteiger partial charge in [-0.3, -0.25) is 4.79 Å². The van der Waals surface area contributed by atoms with Crippen LogP contribution < -0.4 is 9.47 Å². The summed E-state index contributed by atoms with van der Waals surface area (Å²) < 4.78 is 91.3. The first-order valence-electron chi connectivity index (χ1n) is 10.8. The van der Waals surface area contributed by atoms with E-state index in [1.165, 1.54) is 19.1 Å². The molecule has 0 aromatic heterocycles. The maximum absolute atomic E-state index is 13.6. The van der Waals surface area contributed by atoms with Crippen molar-refractivity contribution in [2.75, 3.05) is 20.8 Å². The molecule has 4 nitrogen and oxygen atoms in total. The van der Waals surface area contributed by atoms with Crippen molar-refractivity contribution in [3.05, 3.63) is 94.0 Å². The first kappa shape index (κ1) is 25.4. The van der Waals surface area contributed by atoms with Gasteiger partial charge in [-0.15, -0.1) is 0 Å². The van der Waals surface area contributed by atoms with E-state index in [2.05, 4.69) is 0 Å². The van der Waals surface area contributed by atoms with Gasteiger partial charge in [-0.25, -0.2) is 0 Å². The molecule has 1 aliphatic rings. The van der Waals surface area contributed by atoms with Crippen LogP contribution in [0, 0.1) is 0 Å². The van der Waals surface area contributed by atoms with E-state index in [1.54, 1.807) is 42.5 Å². The van der Waals surface area contributed by atoms with E-state index in [9.17, 15) is 31.1 Å². The van der Waals surface area contributed by atoms with Gasteiger partial charge in [-0.05, 0) is 53.4 Å². The van der Waals surface area contributed by atoms with Crippen LogP contribution in [0.3, 0.4) is 0 Å². The van der Waals surface area contributed by atoms with Crippen LogP contribution in [0.4, 0.5) is 26.3 Å². The van der Waals surface area contributed by atoms with E-state index >= 15 is 0 Å². The summed E-state index contributed by atoms with van der Waals surface area (Å²) in [7, 11) is 2.91. The molecular formula is C26H21F6NO3. The minimum Gasteiger partial charge on any atom is -0.493 e. The Morgan fingerprint density at radius 2 is 1.39 bits per heavy atom. The Morgan fingerprint density at radius 3 is 1.92 bits per heavy atom. The van der Waals surface area contributed by atoms with E-state index < -0.39 is 41.0 Å². The number of ether oxygens (including phenoxy) is 2. The molecule has 190 valence electrons. The number of halogens is 6. The predicted octanol–water partition coefficient (Wildman–Crippen LogP) is 6.53. The van der Waals surface area contributed by atoms with E-state index in [1.807, 2.05) is 0 Å². The maximum Gasteiger partial charge on any atom is 0.416 e. The number of methoxy groups -OCH3 is 2. The highest BCUT2D eigenvalue weighted by molar-refractivity contribution is 5.95. The molecular weight excluding hydrogens is 488 g/mol. The minimum atomic E-state index is -5.06. The quantitative estimate of drug-likeness (QED) is 0.376. The third-order valence-electron chi connectivity index (χ3n) is 6.08. The Kier molecular flexibility index (Phi) is 6.64. The number of nitrogens with zero attached hydrogens (tertiary/aromatic N) is 1. The second-order valence-electron chi connectivity index (χ2n) is 8.26. The van der Waals surface area contributed by atoms with Crippen LogP contribution in [0.1, 0.15) is 44.2 Å². The average Bonchev–Trinajstić information content (AvgIpc) is 2.85. The lowest BCUT2D eigenvalue weighted by atomic mass is 9.87. The van der Waals surface area contributed by atoms with Gasteiger partial charge in [-0.2, -0.15) is 26.3 Å². The summed E-state index contributed by atoms with van der Waals surface area (Å²) in [5.41, 5.74) is -1.67. The van der Waals surface area contributed by atoms with Crippen LogP contribution in [0.15, 0.2) is 60.7 Å². The lowest BCUT2D eigenvalue weighted by molar-refractivity contribution is -0.143. The monoisotopic (exact) mass is 509 g/mol. The molecule has 1 amide bonds. The van der Waals surface area contributed by atoms with Gasteiger partial charge in [0, 0.05) is 12.1 Å². The average molecular weight is 509 g/mol. The van der Waals surface area contributed by atoms with Crippen LogP contribution in [-0.4, -0.2) is 31.6 Å². The molecule has 1 heterocycles. The van der Waals surface area contributed by atoms with Gasteiger partial charge in [0.05, 0.1) is 31.4 Å². The van der Waals surface area contributed by atoms with Gasteiger partial charge in [0.15, 0.2) is 11.5 Å². The van der Waals surface area contributed by atoms with Crippen molar-refractivity contribution in [3.63, 3.8) is 0 Å². The van der Waals surface area contributed by atoms with Gasteiger partial charge < -0.3 is 14.4 Å². The van der Waals surface area contributed by atoms with Crippen molar-refractivity contribution in [1.29, 1.82) is 0 Å². The molecule has 1 aliphatic heterocycles. The molecule has 0 radical (unpaired) electrons. The largest absolute Gasteiger partial charge is 0.493 e. The third-order valence-corrected chi connectivity index (χ3v) is 6.08. The summed E-state index contributed by atoms with van der Waals surface area (Å²) in [6.45, 7) is 0.0679. The summed E-state index contributed by atoms with van der Waals surface area (Å²) in [6, 6.07) is 12.3. The highest BCUT2D eigenvalue weighted by atomic mass is 19.4. The number of amides is 1. The van der Waals surface area contributed by atoms with Crippen molar-refractivity contribution in [2.45, 2.75) is 24.8 Å². The Labute approximate surface area is 203 Å². The Morgan fingerprint density at radius 1 is 0.833 bits per heavy atom. The molecule has 1 atom stereocenters. The molecule has 10 heteroatoms. The number of hydrogen-bond donors (Lipinski definition) is 0. The second-order valence-corrected chi connectivity index (χ2v) is 8.26. The first-order chi connectivity index (χ1) is 16.9. The van der Waals surface area contributed by atoms with E-state index in [-0.39, 0.29) is 12.6 Å². The molecule has 4 rings (SSSR count). The molecule has 0 spiro atoms. The van der Waals surface area contributed by atoms with Crippen molar-refractivity contribution in [1.82, 2.24) is 4.90 Å². The van der Waals surface area contributed by atoms with E-state index in [4.69, 9.17) is 9.47 Å². The Bertz CT molecular complexity index is 1240. The number of benzene rings is 3. The number of rotatable bonds is 4. The van der Waals surface area contributed by atoms with Crippen LogP contribution in [0.25, 0.3) is 0 Å². The van der Waals surface area contributed by atoms with Crippen molar-refractivity contribution < 1.29 is 40.6 Å². The molecule has 0 saturated heterocycles. The smallest absolute Gasteiger partial charge is 0.416 e. The van der Waals surface area contributed by atoms with Gasteiger partial charge in [0.25, 0.3) is 5.91 Å². The maximum atomic E-state index is 13.6.